The third-order valence-electron chi connectivity index (χ3n) is 4.79. The highest BCUT2D eigenvalue weighted by atomic mass is 127. The minimum atomic E-state index is 0. The molecule has 1 aliphatic carbocycles. The summed E-state index contributed by atoms with van der Waals surface area (Å²) in [6.07, 6.45) is 7.28. The number of guanidine groups is 1. The number of carbonyl (C=O) groups is 1. The highest BCUT2D eigenvalue weighted by molar-refractivity contribution is 14.0. The van der Waals surface area contributed by atoms with Crippen LogP contribution in [0.1, 0.15) is 59.3 Å². The van der Waals surface area contributed by atoms with E-state index in [-0.39, 0.29) is 35.9 Å². The lowest BCUT2D eigenvalue weighted by atomic mass is 9.86. The molecule has 0 atom stereocenters. The first-order valence-electron chi connectivity index (χ1n) is 8.87. The van der Waals surface area contributed by atoms with Gasteiger partial charge >= 0.3 is 0 Å². The molecule has 1 saturated carbocycles. The van der Waals surface area contributed by atoms with Crippen LogP contribution in [0.5, 0.6) is 0 Å². The number of amides is 1. The van der Waals surface area contributed by atoms with Crippen molar-refractivity contribution in [3.63, 3.8) is 0 Å². The summed E-state index contributed by atoms with van der Waals surface area (Å²) in [5.74, 6) is 1.08. The molecule has 0 radical (unpaired) electrons. The predicted molar refractivity (Wildman–Crippen MR) is 106 cm³/mol. The smallest absolute Gasteiger partial charge is 0.222 e. The minimum absolute atomic E-state index is 0. The molecule has 1 heterocycles. The van der Waals surface area contributed by atoms with Crippen LogP contribution in [0.25, 0.3) is 0 Å². The molecular formula is C17H33IN4O. The maximum atomic E-state index is 11.7. The Morgan fingerprint density at radius 3 is 2.57 bits per heavy atom. The van der Waals surface area contributed by atoms with E-state index in [0.29, 0.717) is 18.4 Å². The van der Waals surface area contributed by atoms with Crippen molar-refractivity contribution in [2.45, 2.75) is 65.3 Å². The van der Waals surface area contributed by atoms with Gasteiger partial charge in [-0.2, -0.15) is 0 Å². The monoisotopic (exact) mass is 436 g/mol. The molecule has 1 spiro atoms. The molecule has 1 amide bonds. The zero-order valence-electron chi connectivity index (χ0n) is 14.9. The molecule has 2 rings (SSSR count). The summed E-state index contributed by atoms with van der Waals surface area (Å²) in [5.41, 5.74) is 0.547. The van der Waals surface area contributed by atoms with Crippen molar-refractivity contribution < 1.29 is 4.79 Å². The summed E-state index contributed by atoms with van der Waals surface area (Å²) in [7, 11) is 0. The lowest BCUT2D eigenvalue weighted by Gasteiger charge is -2.26. The third kappa shape index (κ3) is 6.12. The van der Waals surface area contributed by atoms with Crippen molar-refractivity contribution in [1.29, 1.82) is 0 Å². The first-order valence-corrected chi connectivity index (χ1v) is 8.87. The number of carbonyl (C=O) groups excluding carboxylic acids is 1. The average Bonchev–Trinajstić information content (AvgIpc) is 3.08. The molecule has 1 aliphatic heterocycles. The predicted octanol–water partition coefficient (Wildman–Crippen LogP) is 2.75. The van der Waals surface area contributed by atoms with Gasteiger partial charge < -0.3 is 15.5 Å². The van der Waals surface area contributed by atoms with E-state index in [4.69, 9.17) is 0 Å². The fraction of sp³-hybridized carbons (Fsp3) is 0.882. The maximum Gasteiger partial charge on any atom is 0.222 e. The van der Waals surface area contributed by atoms with E-state index in [1.165, 1.54) is 32.1 Å². The van der Waals surface area contributed by atoms with Gasteiger partial charge in [-0.05, 0) is 45.4 Å². The maximum absolute atomic E-state index is 11.7. The highest BCUT2D eigenvalue weighted by Gasteiger charge is 2.41. The molecule has 5 nitrogen and oxygen atoms in total. The molecule has 0 aromatic heterocycles. The Morgan fingerprint density at radius 1 is 1.26 bits per heavy atom. The summed E-state index contributed by atoms with van der Waals surface area (Å²) >= 11 is 0. The van der Waals surface area contributed by atoms with Crippen LogP contribution in [0, 0.1) is 5.41 Å². The number of nitrogens with one attached hydrogen (secondary N) is 2. The molecule has 1 saturated heterocycles. The van der Waals surface area contributed by atoms with E-state index in [1.807, 2.05) is 13.8 Å². The zero-order chi connectivity index (χ0) is 16.0. The fourth-order valence-electron chi connectivity index (χ4n) is 3.73. The van der Waals surface area contributed by atoms with Crippen LogP contribution in [0.3, 0.4) is 0 Å². The van der Waals surface area contributed by atoms with E-state index in [2.05, 4.69) is 27.4 Å². The molecule has 134 valence electrons. The van der Waals surface area contributed by atoms with Crippen LogP contribution in [-0.2, 0) is 4.79 Å². The van der Waals surface area contributed by atoms with Gasteiger partial charge in [0.1, 0.15) is 0 Å². The topological polar surface area (TPSA) is 56.7 Å². The van der Waals surface area contributed by atoms with E-state index in [0.717, 1.165) is 25.6 Å². The summed E-state index contributed by atoms with van der Waals surface area (Å²) in [4.78, 5) is 18.8. The normalized spacial score (nSPS) is 20.0. The van der Waals surface area contributed by atoms with Gasteiger partial charge in [0.05, 0.1) is 6.54 Å². The lowest BCUT2D eigenvalue weighted by Crippen LogP contribution is -2.41. The molecule has 0 aromatic carbocycles. The molecular weight excluding hydrogens is 403 g/mol. The van der Waals surface area contributed by atoms with Gasteiger partial charge in [-0.3, -0.25) is 9.79 Å². The SMILES string of the molecule is CCNC(=NCCC(=O)NC(C)C)N1CCC2(CCCC2)C1.I. The van der Waals surface area contributed by atoms with E-state index < -0.39 is 0 Å². The van der Waals surface area contributed by atoms with Crippen LogP contribution in [0.2, 0.25) is 0 Å². The largest absolute Gasteiger partial charge is 0.357 e. The van der Waals surface area contributed by atoms with Crippen LogP contribution in [-0.4, -0.2) is 49.0 Å². The standard InChI is InChI=1S/C17H32N4O.HI/c1-4-18-16(19-11-7-15(22)20-14(2)3)21-12-10-17(13-21)8-5-6-9-17;/h14H,4-13H2,1-3H3,(H,18,19)(H,20,22);1H. The zero-order valence-corrected chi connectivity index (χ0v) is 17.2. The lowest BCUT2D eigenvalue weighted by molar-refractivity contribution is -0.121. The van der Waals surface area contributed by atoms with E-state index >= 15 is 0 Å². The summed E-state index contributed by atoms with van der Waals surface area (Å²) < 4.78 is 0. The first-order chi connectivity index (χ1) is 10.5. The second-order valence-electron chi connectivity index (χ2n) is 7.09. The second kappa shape index (κ2) is 9.69. The van der Waals surface area contributed by atoms with Crippen molar-refractivity contribution >= 4 is 35.8 Å². The highest BCUT2D eigenvalue weighted by Crippen LogP contribution is 2.45. The Bertz CT molecular complexity index is 405. The number of hydrogen-bond donors (Lipinski definition) is 2. The van der Waals surface area contributed by atoms with Gasteiger partial charge in [-0.25, -0.2) is 0 Å². The van der Waals surface area contributed by atoms with Crippen LogP contribution >= 0.6 is 24.0 Å². The third-order valence-corrected chi connectivity index (χ3v) is 4.79. The average molecular weight is 436 g/mol. The Labute approximate surface area is 158 Å². The van der Waals surface area contributed by atoms with Crippen LogP contribution < -0.4 is 10.6 Å². The van der Waals surface area contributed by atoms with Crippen molar-refractivity contribution in [2.75, 3.05) is 26.2 Å². The van der Waals surface area contributed by atoms with Crippen molar-refractivity contribution in [3.05, 3.63) is 0 Å². The van der Waals surface area contributed by atoms with Crippen molar-refractivity contribution in [1.82, 2.24) is 15.5 Å². The fourth-order valence-corrected chi connectivity index (χ4v) is 3.73. The first kappa shape index (κ1) is 20.5. The van der Waals surface area contributed by atoms with Gasteiger partial charge in [-0.15, -0.1) is 24.0 Å². The molecule has 0 aromatic rings. The second-order valence-corrected chi connectivity index (χ2v) is 7.09. The number of likely N-dealkylation sites (tertiary alicyclic amines) is 1. The van der Waals surface area contributed by atoms with Crippen LogP contribution in [0.15, 0.2) is 4.99 Å². The van der Waals surface area contributed by atoms with Gasteiger partial charge in [0.25, 0.3) is 0 Å². The molecule has 0 unspecified atom stereocenters. The number of nitrogens with zero attached hydrogens (tertiary/aromatic N) is 2. The Morgan fingerprint density at radius 2 is 1.96 bits per heavy atom. The molecule has 2 aliphatic rings. The number of hydrogen-bond acceptors (Lipinski definition) is 2. The summed E-state index contributed by atoms with van der Waals surface area (Å²) in [6.45, 7) is 9.74. The molecule has 2 fully saturated rings. The van der Waals surface area contributed by atoms with E-state index in [9.17, 15) is 4.79 Å². The summed E-state index contributed by atoms with van der Waals surface area (Å²) in [5, 5.41) is 6.31. The molecule has 2 N–H and O–H groups in total. The van der Waals surface area contributed by atoms with Crippen molar-refractivity contribution in [3.8, 4) is 0 Å². The van der Waals surface area contributed by atoms with Gasteiger partial charge in [0, 0.05) is 32.1 Å². The van der Waals surface area contributed by atoms with Gasteiger partial charge in [0.15, 0.2) is 5.96 Å². The van der Waals surface area contributed by atoms with E-state index in [1.54, 1.807) is 0 Å². The number of halogens is 1. The quantitative estimate of drug-likeness (QED) is 0.396. The Kier molecular flexibility index (Phi) is 8.64. The number of aliphatic imine (C=N–C) groups is 1. The van der Waals surface area contributed by atoms with Crippen LogP contribution in [0.4, 0.5) is 0 Å². The molecule has 6 heteroatoms. The Balaban J connectivity index is 0.00000264. The number of rotatable bonds is 5. The minimum Gasteiger partial charge on any atom is -0.357 e. The Hall–Kier alpha value is -0.530. The van der Waals surface area contributed by atoms with Gasteiger partial charge in [-0.1, -0.05) is 12.8 Å². The molecule has 0 bridgehead atoms. The van der Waals surface area contributed by atoms with Gasteiger partial charge in [0.2, 0.25) is 5.91 Å². The van der Waals surface area contributed by atoms with Crippen molar-refractivity contribution in [2.24, 2.45) is 10.4 Å². The summed E-state index contributed by atoms with van der Waals surface area (Å²) in [6, 6.07) is 0.200. The molecule has 23 heavy (non-hydrogen) atoms.